The standard InChI is InChI=1S/C24H38N6O.HI/c1-6-25-24(28(4)14-21-15-29(5)27-23(21)18(2)3)26-13-22(31)17-30-12-11-19-9-7-8-10-20(19)16-30;/h7-10,15,18,22,31H,6,11-14,16-17H2,1-5H3,(H,25,26);1H. The van der Waals surface area contributed by atoms with Crippen LogP contribution in [0.1, 0.15) is 49.1 Å². The van der Waals surface area contributed by atoms with Gasteiger partial charge in [-0.1, -0.05) is 38.1 Å². The van der Waals surface area contributed by atoms with E-state index in [-0.39, 0.29) is 24.0 Å². The lowest BCUT2D eigenvalue weighted by Gasteiger charge is -2.30. The van der Waals surface area contributed by atoms with Crippen molar-refractivity contribution >= 4 is 29.9 Å². The Labute approximate surface area is 209 Å². The van der Waals surface area contributed by atoms with Crippen molar-refractivity contribution in [3.05, 3.63) is 52.8 Å². The van der Waals surface area contributed by atoms with Crippen molar-refractivity contribution in [3.8, 4) is 0 Å². The summed E-state index contributed by atoms with van der Waals surface area (Å²) in [7, 11) is 4.00. The van der Waals surface area contributed by atoms with Crippen LogP contribution in [0.3, 0.4) is 0 Å². The van der Waals surface area contributed by atoms with E-state index in [9.17, 15) is 5.11 Å². The zero-order valence-electron chi connectivity index (χ0n) is 20.1. The smallest absolute Gasteiger partial charge is 0.194 e. The summed E-state index contributed by atoms with van der Waals surface area (Å²) in [6.45, 7) is 10.8. The van der Waals surface area contributed by atoms with Crippen molar-refractivity contribution in [2.75, 3.05) is 33.2 Å². The van der Waals surface area contributed by atoms with E-state index in [4.69, 9.17) is 4.99 Å². The molecular weight excluding hydrogens is 515 g/mol. The fraction of sp³-hybridized carbons (Fsp3) is 0.583. The molecule has 1 aromatic carbocycles. The molecule has 0 saturated heterocycles. The number of rotatable bonds is 8. The summed E-state index contributed by atoms with van der Waals surface area (Å²) < 4.78 is 1.88. The monoisotopic (exact) mass is 554 g/mol. The van der Waals surface area contributed by atoms with E-state index >= 15 is 0 Å². The van der Waals surface area contributed by atoms with Gasteiger partial charge in [-0.2, -0.15) is 5.10 Å². The molecule has 0 amide bonds. The Bertz CT molecular complexity index is 881. The fourth-order valence-corrected chi connectivity index (χ4v) is 4.22. The molecule has 7 nitrogen and oxygen atoms in total. The van der Waals surface area contributed by atoms with Gasteiger partial charge in [0.05, 0.1) is 18.3 Å². The molecule has 1 aliphatic heterocycles. The Hall–Kier alpha value is -1.65. The van der Waals surface area contributed by atoms with Gasteiger partial charge in [0.1, 0.15) is 0 Å². The number of benzene rings is 1. The van der Waals surface area contributed by atoms with E-state index < -0.39 is 6.10 Å². The van der Waals surface area contributed by atoms with Crippen LogP contribution in [0.2, 0.25) is 0 Å². The maximum atomic E-state index is 10.6. The van der Waals surface area contributed by atoms with Crippen LogP contribution in [0, 0.1) is 0 Å². The minimum atomic E-state index is -0.489. The van der Waals surface area contributed by atoms with Crippen LogP contribution in [0.25, 0.3) is 0 Å². The van der Waals surface area contributed by atoms with Crippen LogP contribution < -0.4 is 5.32 Å². The second-order valence-corrected chi connectivity index (χ2v) is 8.83. The van der Waals surface area contributed by atoms with Crippen molar-refractivity contribution in [2.45, 2.75) is 52.3 Å². The molecule has 1 unspecified atom stereocenters. The van der Waals surface area contributed by atoms with Crippen LogP contribution in [0.4, 0.5) is 0 Å². The second kappa shape index (κ2) is 12.6. The van der Waals surface area contributed by atoms with Crippen molar-refractivity contribution in [1.29, 1.82) is 0 Å². The predicted molar refractivity (Wildman–Crippen MR) is 142 cm³/mol. The summed E-state index contributed by atoms with van der Waals surface area (Å²) >= 11 is 0. The highest BCUT2D eigenvalue weighted by molar-refractivity contribution is 14.0. The fourth-order valence-electron chi connectivity index (χ4n) is 4.22. The highest BCUT2D eigenvalue weighted by Crippen LogP contribution is 2.19. The SMILES string of the molecule is CCNC(=NCC(O)CN1CCc2ccccc2C1)N(C)Cc1cn(C)nc1C(C)C.I. The van der Waals surface area contributed by atoms with Crippen molar-refractivity contribution in [1.82, 2.24) is 24.9 Å². The van der Waals surface area contributed by atoms with E-state index in [0.29, 0.717) is 19.0 Å². The first-order valence-corrected chi connectivity index (χ1v) is 11.4. The first-order valence-electron chi connectivity index (χ1n) is 11.4. The number of aliphatic imine (C=N–C) groups is 1. The van der Waals surface area contributed by atoms with E-state index in [1.807, 2.05) is 18.8 Å². The number of guanidine groups is 1. The topological polar surface area (TPSA) is 68.9 Å². The number of fused-ring (bicyclic) bond motifs is 1. The quantitative estimate of drug-likeness (QED) is 0.299. The zero-order valence-corrected chi connectivity index (χ0v) is 22.4. The third-order valence-electron chi connectivity index (χ3n) is 5.72. The first kappa shape index (κ1) is 26.6. The molecule has 0 saturated carbocycles. The molecule has 1 atom stereocenters. The number of hydrogen-bond donors (Lipinski definition) is 2. The summed E-state index contributed by atoms with van der Waals surface area (Å²) in [5.41, 5.74) is 5.13. The van der Waals surface area contributed by atoms with Gasteiger partial charge in [-0.3, -0.25) is 14.6 Å². The Kier molecular flexibility index (Phi) is 10.4. The molecule has 2 aromatic rings. The van der Waals surface area contributed by atoms with Crippen LogP contribution in [0.15, 0.2) is 35.5 Å². The van der Waals surface area contributed by atoms with Crippen LogP contribution >= 0.6 is 24.0 Å². The minimum Gasteiger partial charge on any atom is -0.390 e. The van der Waals surface area contributed by atoms with Gasteiger partial charge >= 0.3 is 0 Å². The largest absolute Gasteiger partial charge is 0.390 e. The summed E-state index contributed by atoms with van der Waals surface area (Å²) in [5.74, 6) is 1.18. The number of β-amino-alcohol motifs (C(OH)–C–C–N with tert-alkyl or cyclic N) is 1. The van der Waals surface area contributed by atoms with E-state index in [2.05, 4.69) is 71.4 Å². The Balaban J connectivity index is 0.00000363. The zero-order chi connectivity index (χ0) is 22.4. The lowest BCUT2D eigenvalue weighted by molar-refractivity contribution is 0.111. The summed E-state index contributed by atoms with van der Waals surface area (Å²) in [6.07, 6.45) is 2.64. The van der Waals surface area contributed by atoms with Gasteiger partial charge in [0, 0.05) is 58.6 Å². The lowest BCUT2D eigenvalue weighted by atomic mass is 10.00. The maximum Gasteiger partial charge on any atom is 0.194 e. The molecule has 0 bridgehead atoms. The second-order valence-electron chi connectivity index (χ2n) is 8.83. The molecule has 2 heterocycles. The van der Waals surface area contributed by atoms with Crippen LogP contribution in [-0.2, 0) is 26.6 Å². The van der Waals surface area contributed by atoms with Crippen molar-refractivity contribution < 1.29 is 5.11 Å². The van der Waals surface area contributed by atoms with E-state index in [1.54, 1.807) is 0 Å². The highest BCUT2D eigenvalue weighted by Gasteiger charge is 2.19. The van der Waals surface area contributed by atoms with Crippen LogP contribution in [-0.4, -0.2) is 70.0 Å². The van der Waals surface area contributed by atoms with Crippen LogP contribution in [0.5, 0.6) is 0 Å². The number of nitrogens with zero attached hydrogens (tertiary/aromatic N) is 5. The van der Waals surface area contributed by atoms with Gasteiger partial charge in [0.15, 0.2) is 5.96 Å². The van der Waals surface area contributed by atoms with Gasteiger partial charge in [0.2, 0.25) is 0 Å². The Morgan fingerprint density at radius 2 is 2.00 bits per heavy atom. The van der Waals surface area contributed by atoms with E-state index in [0.717, 1.165) is 44.3 Å². The predicted octanol–water partition coefficient (Wildman–Crippen LogP) is 2.98. The molecule has 1 aromatic heterocycles. The highest BCUT2D eigenvalue weighted by atomic mass is 127. The number of aliphatic hydroxyl groups excluding tert-OH is 1. The van der Waals surface area contributed by atoms with E-state index in [1.165, 1.54) is 16.7 Å². The van der Waals surface area contributed by atoms with Gasteiger partial charge in [-0.05, 0) is 30.4 Å². The van der Waals surface area contributed by atoms with Gasteiger partial charge in [-0.15, -0.1) is 24.0 Å². The number of aromatic nitrogens is 2. The molecule has 8 heteroatoms. The van der Waals surface area contributed by atoms with Gasteiger partial charge in [0.25, 0.3) is 0 Å². The van der Waals surface area contributed by atoms with Crippen molar-refractivity contribution in [2.24, 2.45) is 12.0 Å². The third kappa shape index (κ3) is 7.18. The number of hydrogen-bond acceptors (Lipinski definition) is 4. The molecule has 3 rings (SSSR count). The van der Waals surface area contributed by atoms with Crippen molar-refractivity contribution in [3.63, 3.8) is 0 Å². The average Bonchev–Trinajstić information content (AvgIpc) is 3.11. The third-order valence-corrected chi connectivity index (χ3v) is 5.72. The molecule has 32 heavy (non-hydrogen) atoms. The molecule has 1 aliphatic rings. The number of aliphatic hydroxyl groups is 1. The number of nitrogens with one attached hydrogen (secondary N) is 1. The number of aryl methyl sites for hydroxylation is 1. The average molecular weight is 555 g/mol. The molecule has 178 valence electrons. The Morgan fingerprint density at radius 3 is 2.69 bits per heavy atom. The minimum absolute atomic E-state index is 0. The first-order chi connectivity index (χ1) is 14.9. The molecule has 0 aliphatic carbocycles. The lowest BCUT2D eigenvalue weighted by Crippen LogP contribution is -2.41. The molecule has 0 radical (unpaired) electrons. The molecule has 0 spiro atoms. The molecule has 2 N–H and O–H groups in total. The van der Waals surface area contributed by atoms with Gasteiger partial charge < -0.3 is 15.3 Å². The summed E-state index contributed by atoms with van der Waals surface area (Å²) in [4.78, 5) is 9.16. The van der Waals surface area contributed by atoms with Gasteiger partial charge in [-0.25, -0.2) is 0 Å². The number of halogens is 1. The summed E-state index contributed by atoms with van der Waals surface area (Å²) in [6, 6.07) is 8.59. The normalized spacial score (nSPS) is 15.3. The molecular formula is C24H39IN6O. The summed E-state index contributed by atoms with van der Waals surface area (Å²) in [5, 5.41) is 18.6. The Morgan fingerprint density at radius 1 is 1.28 bits per heavy atom. The molecule has 0 fully saturated rings. The maximum absolute atomic E-state index is 10.6.